The lowest BCUT2D eigenvalue weighted by atomic mass is 9.98. The fraction of sp³-hybridized carbons (Fsp3) is 0.0455. The van der Waals surface area contributed by atoms with E-state index in [1.165, 1.54) is 30.6 Å². The largest absolute Gasteiger partial charge is 0.480 e. The monoisotopic (exact) mass is 534 g/mol. The predicted octanol–water partition coefficient (Wildman–Crippen LogP) is 4.18. The summed E-state index contributed by atoms with van der Waals surface area (Å²) in [7, 11) is -3.28. The summed E-state index contributed by atoms with van der Waals surface area (Å²) >= 11 is 5.83. The van der Waals surface area contributed by atoms with Crippen LogP contribution in [0.1, 0.15) is 0 Å². The third-order valence-corrected chi connectivity index (χ3v) is 6.57. The van der Waals surface area contributed by atoms with Gasteiger partial charge in [0.2, 0.25) is 21.9 Å². The summed E-state index contributed by atoms with van der Waals surface area (Å²) in [6.07, 6.45) is 3.73. The summed E-state index contributed by atoms with van der Waals surface area (Å²) in [4.78, 5) is 14.2. The van der Waals surface area contributed by atoms with Crippen LogP contribution < -0.4 is 9.88 Å². The molecule has 0 saturated carbocycles. The van der Waals surface area contributed by atoms with Crippen molar-refractivity contribution in [2.24, 2.45) is 5.14 Å². The molecule has 0 aliphatic carbocycles. The number of hydrogen-bond acceptors (Lipinski definition) is 6. The Morgan fingerprint density at radius 2 is 1.81 bits per heavy atom. The van der Waals surface area contributed by atoms with Crippen LogP contribution in [0.4, 0.5) is 13.2 Å². The molecule has 5 aromatic rings. The maximum Gasteiger partial charge on any atom is 0.244 e. The second-order valence-corrected chi connectivity index (χ2v) is 9.37. The molecule has 0 unspecified atom stereocenters. The number of benzene rings is 1. The maximum atomic E-state index is 15.8. The first-order valence-electron chi connectivity index (χ1n) is 10.0. The Morgan fingerprint density at radius 1 is 1.06 bits per heavy atom. The van der Waals surface area contributed by atoms with Gasteiger partial charge in [-0.3, -0.25) is 4.40 Å². The third kappa shape index (κ3) is 3.77. The highest BCUT2D eigenvalue weighted by atomic mass is 35.5. The van der Waals surface area contributed by atoms with Gasteiger partial charge in [0.1, 0.15) is 28.8 Å². The molecule has 36 heavy (non-hydrogen) atoms. The van der Waals surface area contributed by atoms with Crippen LogP contribution in [0.5, 0.6) is 5.88 Å². The molecule has 0 bridgehead atoms. The average Bonchev–Trinajstić information content (AvgIpc) is 3.46. The molecule has 0 atom stereocenters. The van der Waals surface area contributed by atoms with E-state index in [4.69, 9.17) is 21.5 Å². The van der Waals surface area contributed by atoms with Gasteiger partial charge in [-0.1, -0.05) is 11.6 Å². The van der Waals surface area contributed by atoms with Gasteiger partial charge in [-0.2, -0.15) is 4.39 Å². The van der Waals surface area contributed by atoms with Crippen LogP contribution >= 0.6 is 11.6 Å². The molecule has 5 rings (SSSR count). The van der Waals surface area contributed by atoms with E-state index >= 15 is 8.78 Å². The molecule has 4 aromatic heterocycles. The number of pyridine rings is 2. The minimum absolute atomic E-state index is 0.177. The van der Waals surface area contributed by atoms with Crippen LogP contribution in [0.2, 0.25) is 5.15 Å². The maximum absolute atomic E-state index is 15.8. The molecule has 1 aromatic carbocycles. The van der Waals surface area contributed by atoms with Gasteiger partial charge in [-0.05, 0) is 30.3 Å². The van der Waals surface area contributed by atoms with E-state index in [9.17, 15) is 12.8 Å². The molecule has 4 heterocycles. The van der Waals surface area contributed by atoms with Gasteiger partial charge in [0.05, 0.1) is 18.2 Å². The van der Waals surface area contributed by atoms with Crippen LogP contribution in [0.25, 0.3) is 39.3 Å². The number of sulfonamides is 1. The number of aromatic nitrogens is 5. The predicted molar refractivity (Wildman–Crippen MR) is 124 cm³/mol. The van der Waals surface area contributed by atoms with Crippen molar-refractivity contribution in [3.05, 3.63) is 71.8 Å². The number of methoxy groups -OCH3 is 1. The number of imidazole rings is 2. The minimum Gasteiger partial charge on any atom is -0.480 e. The zero-order valence-corrected chi connectivity index (χ0v) is 19.7. The fourth-order valence-corrected chi connectivity index (χ4v) is 4.90. The van der Waals surface area contributed by atoms with E-state index in [-0.39, 0.29) is 39.2 Å². The SMILES string of the molecule is COc1nccc(-c2ccc(F)c(-c3ccc4c(-c5nc(Cl)c[nH]5)ncn4c3F)c2F)c1S(N)(=O)=O. The Bertz CT molecular complexity index is 1770. The lowest BCUT2D eigenvalue weighted by Gasteiger charge is -2.15. The van der Waals surface area contributed by atoms with Crippen molar-refractivity contribution in [2.75, 3.05) is 7.11 Å². The molecular formula is C22H14ClF3N6O3S. The minimum atomic E-state index is -4.44. The normalized spacial score (nSPS) is 11.8. The molecule has 0 amide bonds. The number of halogens is 4. The molecule has 3 N–H and O–H groups in total. The molecule has 0 fully saturated rings. The Hall–Kier alpha value is -3.94. The lowest BCUT2D eigenvalue weighted by Crippen LogP contribution is -2.16. The van der Waals surface area contributed by atoms with Crippen LogP contribution in [-0.2, 0) is 10.0 Å². The molecule has 0 radical (unpaired) electrons. The first kappa shape index (κ1) is 23.8. The Kier molecular flexibility index (Phi) is 5.70. The van der Waals surface area contributed by atoms with Crippen molar-refractivity contribution in [1.82, 2.24) is 24.3 Å². The second-order valence-electron chi connectivity index (χ2n) is 7.48. The van der Waals surface area contributed by atoms with Gasteiger partial charge >= 0.3 is 0 Å². The number of ether oxygens (including phenoxy) is 1. The van der Waals surface area contributed by atoms with E-state index in [0.29, 0.717) is 0 Å². The molecule has 0 saturated heterocycles. The first-order chi connectivity index (χ1) is 17.1. The van der Waals surface area contributed by atoms with Crippen molar-refractivity contribution >= 4 is 27.1 Å². The van der Waals surface area contributed by atoms with E-state index < -0.39 is 43.6 Å². The van der Waals surface area contributed by atoms with Gasteiger partial charge in [-0.25, -0.2) is 37.3 Å². The molecule has 184 valence electrons. The van der Waals surface area contributed by atoms with E-state index in [2.05, 4.69) is 19.9 Å². The van der Waals surface area contributed by atoms with Crippen LogP contribution in [0.15, 0.2) is 53.9 Å². The fourth-order valence-electron chi connectivity index (χ4n) is 3.89. The summed E-state index contributed by atoms with van der Waals surface area (Å²) in [5, 5.41) is 5.48. The number of hydrogen-bond donors (Lipinski definition) is 2. The molecule has 0 aliphatic heterocycles. The number of nitrogens with one attached hydrogen (secondary N) is 1. The Labute approximate surface area is 206 Å². The van der Waals surface area contributed by atoms with Crippen molar-refractivity contribution in [3.63, 3.8) is 0 Å². The smallest absolute Gasteiger partial charge is 0.244 e. The van der Waals surface area contributed by atoms with Gasteiger partial charge in [-0.15, -0.1) is 0 Å². The molecular weight excluding hydrogens is 521 g/mol. The van der Waals surface area contributed by atoms with Crippen LogP contribution in [-0.4, -0.2) is 39.9 Å². The van der Waals surface area contributed by atoms with Crippen LogP contribution in [0.3, 0.4) is 0 Å². The third-order valence-electron chi connectivity index (χ3n) is 5.42. The number of aromatic amines is 1. The Balaban J connectivity index is 1.73. The number of H-pyrrole nitrogens is 1. The van der Waals surface area contributed by atoms with Crippen molar-refractivity contribution in [3.8, 4) is 39.7 Å². The highest BCUT2D eigenvalue weighted by Gasteiger charge is 2.27. The zero-order valence-electron chi connectivity index (χ0n) is 18.1. The highest BCUT2D eigenvalue weighted by molar-refractivity contribution is 7.89. The van der Waals surface area contributed by atoms with E-state index in [0.717, 1.165) is 30.0 Å². The molecule has 0 spiro atoms. The van der Waals surface area contributed by atoms with Crippen LogP contribution in [0, 0.1) is 17.6 Å². The van der Waals surface area contributed by atoms with Gasteiger partial charge in [0.25, 0.3) is 0 Å². The first-order valence-corrected chi connectivity index (χ1v) is 12.0. The molecule has 14 heteroatoms. The number of primary sulfonamides is 1. The van der Waals surface area contributed by atoms with Crippen molar-refractivity contribution in [2.45, 2.75) is 4.90 Å². The van der Waals surface area contributed by atoms with Crippen molar-refractivity contribution in [1.29, 1.82) is 0 Å². The summed E-state index contributed by atoms with van der Waals surface area (Å²) in [5.41, 5.74) is -1.21. The van der Waals surface area contributed by atoms with Crippen molar-refractivity contribution < 1.29 is 26.3 Å². The van der Waals surface area contributed by atoms with Gasteiger partial charge < -0.3 is 9.72 Å². The number of nitrogens with two attached hydrogens (primary N) is 1. The highest BCUT2D eigenvalue weighted by Crippen LogP contribution is 2.39. The molecule has 9 nitrogen and oxygen atoms in total. The lowest BCUT2D eigenvalue weighted by molar-refractivity contribution is 0.385. The molecule has 0 aliphatic rings. The zero-order chi connectivity index (χ0) is 25.8. The number of nitrogens with zero attached hydrogens (tertiary/aromatic N) is 4. The topological polar surface area (TPSA) is 128 Å². The summed E-state index contributed by atoms with van der Waals surface area (Å²) in [5.74, 6) is -3.42. The number of rotatable bonds is 5. The standard InChI is InChI=1S/C22H14ClF3N6O3S/c1-35-22-19(36(27,33)34)11(6-7-28-22)10-2-4-13(24)16(17(10)25)12-3-5-14-18(21-29-8-15(23)31-21)30-9-32(14)20(12)26/h2-9H,1H3,(H,29,31)(H2,27,33,34). The number of fused-ring (bicyclic) bond motifs is 1. The van der Waals surface area contributed by atoms with E-state index in [1.54, 1.807) is 0 Å². The van der Waals surface area contributed by atoms with E-state index in [1.807, 2.05) is 0 Å². The Morgan fingerprint density at radius 3 is 2.47 bits per heavy atom. The second kappa shape index (κ2) is 8.62. The summed E-state index contributed by atoms with van der Waals surface area (Å²) in [6, 6.07) is 5.68. The van der Waals surface area contributed by atoms with Gasteiger partial charge in [0.15, 0.2) is 10.7 Å². The summed E-state index contributed by atoms with van der Waals surface area (Å²) in [6.45, 7) is 0. The van der Waals surface area contributed by atoms with Gasteiger partial charge in [0, 0.05) is 29.1 Å². The summed E-state index contributed by atoms with van der Waals surface area (Å²) < 4.78 is 76.7. The average molecular weight is 535 g/mol. The quantitative estimate of drug-likeness (QED) is 0.326.